The maximum absolute atomic E-state index is 13.3. The molecule has 33 heavy (non-hydrogen) atoms. The van der Waals surface area contributed by atoms with Crippen molar-refractivity contribution in [1.82, 2.24) is 9.62 Å². The Bertz CT molecular complexity index is 1280. The van der Waals surface area contributed by atoms with Crippen molar-refractivity contribution < 1.29 is 30.6 Å². The SMILES string of the molecule is CC(C)(C)N1C(=O)C(NCCOc2ccccc2OS(C)(=O)=O)=C(c2ccccc2)S1(=O)=O. The van der Waals surface area contributed by atoms with Gasteiger partial charge in [0.05, 0.1) is 11.8 Å². The number of carbonyl (C=O) groups excluding carboxylic acids is 1. The molecule has 0 radical (unpaired) electrons. The Hall–Kier alpha value is -3.05. The Morgan fingerprint density at radius 2 is 1.55 bits per heavy atom. The van der Waals surface area contributed by atoms with E-state index in [1.165, 1.54) is 6.07 Å². The summed E-state index contributed by atoms with van der Waals surface area (Å²) in [5, 5.41) is 2.90. The fourth-order valence-electron chi connectivity index (χ4n) is 3.37. The Kier molecular flexibility index (Phi) is 6.75. The zero-order chi connectivity index (χ0) is 24.4. The van der Waals surface area contributed by atoms with Crippen LogP contribution in [0.1, 0.15) is 26.3 Å². The summed E-state index contributed by atoms with van der Waals surface area (Å²) in [5.41, 5.74) is -0.606. The van der Waals surface area contributed by atoms with E-state index in [1.807, 2.05) is 0 Å². The summed E-state index contributed by atoms with van der Waals surface area (Å²) in [4.78, 5) is 13.0. The molecular formula is C22H26N2O7S2. The van der Waals surface area contributed by atoms with Gasteiger partial charge in [0.25, 0.3) is 15.9 Å². The Morgan fingerprint density at radius 3 is 2.12 bits per heavy atom. The van der Waals surface area contributed by atoms with Crippen LogP contribution in [-0.2, 0) is 24.9 Å². The minimum absolute atomic E-state index is 0.0125. The van der Waals surface area contributed by atoms with Crippen LogP contribution >= 0.6 is 0 Å². The second-order valence-corrected chi connectivity index (χ2v) is 11.6. The minimum Gasteiger partial charge on any atom is -0.488 e. The third kappa shape index (κ3) is 5.48. The first-order valence-corrected chi connectivity index (χ1v) is 13.3. The molecule has 1 N–H and O–H groups in total. The van der Waals surface area contributed by atoms with Gasteiger partial charge in [-0.1, -0.05) is 42.5 Å². The van der Waals surface area contributed by atoms with Gasteiger partial charge in [0.15, 0.2) is 11.5 Å². The van der Waals surface area contributed by atoms with Crippen molar-refractivity contribution in [1.29, 1.82) is 0 Å². The van der Waals surface area contributed by atoms with Gasteiger partial charge in [-0.3, -0.25) is 4.79 Å². The first-order chi connectivity index (χ1) is 15.3. The average molecular weight is 495 g/mol. The summed E-state index contributed by atoms with van der Waals surface area (Å²) in [6.07, 6.45) is 0.927. The van der Waals surface area contributed by atoms with Crippen LogP contribution in [0.3, 0.4) is 0 Å². The average Bonchev–Trinajstić information content (AvgIpc) is 2.90. The van der Waals surface area contributed by atoms with Crippen LogP contribution in [0.5, 0.6) is 11.5 Å². The third-order valence-electron chi connectivity index (χ3n) is 4.52. The summed E-state index contributed by atoms with van der Waals surface area (Å²) >= 11 is 0. The topological polar surface area (TPSA) is 119 Å². The second-order valence-electron chi connectivity index (χ2n) is 8.32. The van der Waals surface area contributed by atoms with Crippen molar-refractivity contribution in [2.24, 2.45) is 0 Å². The molecule has 9 nitrogen and oxygen atoms in total. The molecule has 0 unspecified atom stereocenters. The predicted molar refractivity (Wildman–Crippen MR) is 124 cm³/mol. The van der Waals surface area contributed by atoms with Gasteiger partial charge in [-0.05, 0) is 38.5 Å². The molecule has 11 heteroatoms. The molecule has 1 aliphatic heterocycles. The smallest absolute Gasteiger partial charge is 0.306 e. The van der Waals surface area contributed by atoms with Gasteiger partial charge in [-0.15, -0.1) is 0 Å². The number of ether oxygens (including phenoxy) is 1. The molecule has 3 rings (SSSR count). The first kappa shape index (κ1) is 24.6. The van der Waals surface area contributed by atoms with Gasteiger partial charge in [0.1, 0.15) is 17.2 Å². The van der Waals surface area contributed by atoms with Crippen LogP contribution in [0, 0.1) is 0 Å². The maximum Gasteiger partial charge on any atom is 0.306 e. The molecule has 0 saturated carbocycles. The lowest BCUT2D eigenvalue weighted by Crippen LogP contribution is -2.46. The van der Waals surface area contributed by atoms with E-state index in [9.17, 15) is 21.6 Å². The van der Waals surface area contributed by atoms with Gasteiger partial charge in [0, 0.05) is 6.54 Å². The Morgan fingerprint density at radius 1 is 0.970 bits per heavy atom. The number of rotatable bonds is 8. The van der Waals surface area contributed by atoms with Crippen molar-refractivity contribution in [3.8, 4) is 11.5 Å². The standard InChI is InChI=1S/C22H26N2O7S2/c1-22(2,3)24-21(25)19(20(33(24,28)29)16-10-6-5-7-11-16)23-14-15-30-17-12-8-9-13-18(17)31-32(4,26)27/h5-13,23H,14-15H2,1-4H3. The van der Waals surface area contributed by atoms with E-state index < -0.39 is 31.6 Å². The number of hydrogen-bond acceptors (Lipinski definition) is 8. The maximum atomic E-state index is 13.3. The molecule has 0 aliphatic carbocycles. The van der Waals surface area contributed by atoms with Crippen LogP contribution in [0.15, 0.2) is 60.3 Å². The quantitative estimate of drug-likeness (QED) is 0.439. The molecule has 0 bridgehead atoms. The molecule has 0 fully saturated rings. The number of nitrogens with zero attached hydrogens (tertiary/aromatic N) is 1. The summed E-state index contributed by atoms with van der Waals surface area (Å²) in [6, 6.07) is 14.7. The van der Waals surface area contributed by atoms with Crippen molar-refractivity contribution in [2.75, 3.05) is 19.4 Å². The van der Waals surface area contributed by atoms with E-state index in [1.54, 1.807) is 69.3 Å². The molecule has 0 spiro atoms. The van der Waals surface area contributed by atoms with E-state index >= 15 is 0 Å². The lowest BCUT2D eigenvalue weighted by atomic mass is 10.1. The van der Waals surface area contributed by atoms with E-state index in [0.29, 0.717) is 5.56 Å². The molecule has 0 atom stereocenters. The van der Waals surface area contributed by atoms with Gasteiger partial charge in [0.2, 0.25) is 0 Å². The number of sulfonamides is 1. The molecule has 2 aromatic carbocycles. The summed E-state index contributed by atoms with van der Waals surface area (Å²) in [6.45, 7) is 5.04. The first-order valence-electron chi connectivity index (χ1n) is 10.1. The van der Waals surface area contributed by atoms with Gasteiger partial charge >= 0.3 is 10.1 Å². The molecule has 0 aromatic heterocycles. The zero-order valence-corrected chi connectivity index (χ0v) is 20.4. The molecule has 2 aromatic rings. The highest BCUT2D eigenvalue weighted by Crippen LogP contribution is 2.38. The predicted octanol–water partition coefficient (Wildman–Crippen LogP) is 2.33. The van der Waals surface area contributed by atoms with Crippen LogP contribution < -0.4 is 14.2 Å². The van der Waals surface area contributed by atoms with Crippen LogP contribution in [0.2, 0.25) is 0 Å². The summed E-state index contributed by atoms with van der Waals surface area (Å²) in [7, 11) is -7.82. The van der Waals surface area contributed by atoms with Crippen LogP contribution in [0.4, 0.5) is 0 Å². The highest BCUT2D eigenvalue weighted by atomic mass is 32.2. The van der Waals surface area contributed by atoms with E-state index in [4.69, 9.17) is 8.92 Å². The molecule has 1 amide bonds. The highest BCUT2D eigenvalue weighted by Gasteiger charge is 2.49. The molecule has 178 valence electrons. The number of benzene rings is 2. The van der Waals surface area contributed by atoms with Crippen molar-refractivity contribution in [3.05, 3.63) is 65.9 Å². The van der Waals surface area contributed by atoms with Crippen molar-refractivity contribution >= 4 is 31.0 Å². The van der Waals surface area contributed by atoms with Crippen LogP contribution in [0.25, 0.3) is 4.91 Å². The third-order valence-corrected chi connectivity index (χ3v) is 7.15. The fraction of sp³-hybridized carbons (Fsp3) is 0.318. The number of hydrogen-bond donors (Lipinski definition) is 1. The second kappa shape index (κ2) is 9.06. The molecule has 1 heterocycles. The molecule has 0 saturated heterocycles. The lowest BCUT2D eigenvalue weighted by molar-refractivity contribution is -0.125. The zero-order valence-electron chi connectivity index (χ0n) is 18.7. The Labute approximate surface area is 194 Å². The van der Waals surface area contributed by atoms with E-state index in [2.05, 4.69) is 5.32 Å². The van der Waals surface area contributed by atoms with Crippen molar-refractivity contribution in [3.63, 3.8) is 0 Å². The number of nitrogens with one attached hydrogen (secondary N) is 1. The number of amides is 1. The molecular weight excluding hydrogens is 468 g/mol. The monoisotopic (exact) mass is 494 g/mol. The lowest BCUT2D eigenvalue weighted by Gasteiger charge is -2.30. The Balaban J connectivity index is 1.84. The van der Waals surface area contributed by atoms with E-state index in [0.717, 1.165) is 10.6 Å². The highest BCUT2D eigenvalue weighted by molar-refractivity contribution is 7.99. The number of carbonyl (C=O) groups is 1. The van der Waals surface area contributed by atoms with Gasteiger partial charge in [-0.2, -0.15) is 8.42 Å². The minimum atomic E-state index is -4.08. The fourth-order valence-corrected chi connectivity index (χ4v) is 5.90. The normalized spacial score (nSPS) is 16.1. The van der Waals surface area contributed by atoms with Gasteiger partial charge in [-0.25, -0.2) is 12.7 Å². The largest absolute Gasteiger partial charge is 0.488 e. The summed E-state index contributed by atoms with van der Waals surface area (Å²) in [5.74, 6) is -0.423. The molecule has 1 aliphatic rings. The number of para-hydroxylation sites is 2. The van der Waals surface area contributed by atoms with Crippen molar-refractivity contribution in [2.45, 2.75) is 26.3 Å². The van der Waals surface area contributed by atoms with E-state index in [-0.39, 0.29) is 35.3 Å². The van der Waals surface area contributed by atoms with Gasteiger partial charge < -0.3 is 14.2 Å². The van der Waals surface area contributed by atoms with Crippen LogP contribution in [-0.4, -0.2) is 52.0 Å². The summed E-state index contributed by atoms with van der Waals surface area (Å²) < 4.78 is 60.9.